The molecule has 1 heterocycles. The molecule has 0 aliphatic heterocycles. The Morgan fingerprint density at radius 2 is 1.78 bits per heavy atom. The van der Waals surface area contributed by atoms with Gasteiger partial charge in [-0.05, 0) is 56.9 Å². The zero-order valence-electron chi connectivity index (χ0n) is 18.4. The molecular formula is C24H26N3O3SW-. The fraction of sp³-hybridized carbons (Fsp3) is 0.375. The van der Waals surface area contributed by atoms with Gasteiger partial charge in [-0.25, -0.2) is 4.98 Å². The van der Waals surface area contributed by atoms with Crippen LogP contribution in [0.4, 0.5) is 0 Å². The maximum atomic E-state index is 12.7. The van der Waals surface area contributed by atoms with Crippen molar-refractivity contribution in [3.63, 3.8) is 0 Å². The van der Waals surface area contributed by atoms with Gasteiger partial charge < -0.3 is 15.8 Å². The predicted molar refractivity (Wildman–Crippen MR) is 122 cm³/mol. The van der Waals surface area contributed by atoms with Crippen molar-refractivity contribution >= 4 is 33.4 Å². The number of hydrogen-bond donors (Lipinski definition) is 1. The number of para-hydroxylation sites is 1. The van der Waals surface area contributed by atoms with Crippen molar-refractivity contribution < 1.29 is 35.4 Å². The summed E-state index contributed by atoms with van der Waals surface area (Å²) < 4.78 is 6.50. The number of rotatable bonds is 6. The van der Waals surface area contributed by atoms with E-state index in [4.69, 9.17) is 15.8 Å². The van der Waals surface area contributed by atoms with E-state index in [2.05, 4.69) is 17.1 Å². The van der Waals surface area contributed by atoms with Gasteiger partial charge in [-0.3, -0.25) is 9.59 Å². The minimum absolute atomic E-state index is 0. The summed E-state index contributed by atoms with van der Waals surface area (Å²) in [4.78, 5) is 29.0. The second-order valence-electron chi connectivity index (χ2n) is 9.05. The molecule has 0 unspecified atom stereocenters. The molecule has 0 spiro atoms. The number of amides is 1. The van der Waals surface area contributed by atoms with E-state index in [1.165, 1.54) is 22.5 Å². The summed E-state index contributed by atoms with van der Waals surface area (Å²) in [6, 6.07) is 13.6. The molecule has 168 valence electrons. The molecule has 32 heavy (non-hydrogen) atoms. The minimum Gasteiger partial charge on any atom is -0.650 e. The molecule has 1 aliphatic carbocycles. The normalized spacial score (nSPS) is 14.6. The molecule has 1 aromatic heterocycles. The summed E-state index contributed by atoms with van der Waals surface area (Å²) >= 11 is 1.49. The van der Waals surface area contributed by atoms with Crippen LogP contribution in [0.25, 0.3) is 15.5 Å². The number of hydrogen-bond acceptors (Lipinski definition) is 5. The van der Waals surface area contributed by atoms with Crippen molar-refractivity contribution in [1.82, 2.24) is 4.98 Å². The number of nitrogens with zero attached hydrogens (tertiary/aromatic N) is 2. The number of esters is 1. The largest absolute Gasteiger partial charge is 0.650 e. The zero-order valence-corrected chi connectivity index (χ0v) is 22.1. The van der Waals surface area contributed by atoms with Crippen molar-refractivity contribution in [2.24, 2.45) is 5.73 Å². The Morgan fingerprint density at radius 1 is 1.12 bits per heavy atom. The molecule has 0 saturated carbocycles. The number of ether oxygens (including phenoxy) is 1. The zero-order chi connectivity index (χ0) is 22.2. The molecule has 2 N–H and O–H groups in total. The summed E-state index contributed by atoms with van der Waals surface area (Å²) in [6.07, 6.45) is 1.61. The Bertz CT molecular complexity index is 1130. The molecule has 3 aromatic rings. The molecule has 4 rings (SSSR count). The summed E-state index contributed by atoms with van der Waals surface area (Å²) in [5, 5.41) is 5.80. The van der Waals surface area contributed by atoms with E-state index in [9.17, 15) is 9.59 Å². The summed E-state index contributed by atoms with van der Waals surface area (Å²) in [5.41, 5.74) is 7.85. The van der Waals surface area contributed by atoms with Gasteiger partial charge in [-0.15, -0.1) is 16.9 Å². The van der Waals surface area contributed by atoms with Crippen LogP contribution in [0.2, 0.25) is 0 Å². The van der Waals surface area contributed by atoms with Crippen molar-refractivity contribution in [3.05, 3.63) is 69.5 Å². The minimum atomic E-state index is -0.559. The molecular weight excluding hydrogens is 594 g/mol. The van der Waals surface area contributed by atoms with Crippen LogP contribution in [0, 0.1) is 0 Å². The smallest absolute Gasteiger partial charge is 0.305 e. The standard InChI is InChI=1S/C24H26N3O3S.W/c1-23(2,3)30-20(28)13-24(11-15-7-4-5-8-16(15)12-24)26-14-19-27-21-17(22(25)29)9-6-10-18(21)31-19;/h4-10H,11-14H2,1-3H3,(H2,25,29);/q-1;. The quantitative estimate of drug-likeness (QED) is 0.410. The number of carbonyl (C=O) groups is 2. The topological polar surface area (TPSA) is 96.4 Å². The van der Waals surface area contributed by atoms with Crippen LogP contribution in [0.3, 0.4) is 0 Å². The van der Waals surface area contributed by atoms with Gasteiger partial charge in [0.15, 0.2) is 0 Å². The average molecular weight is 620 g/mol. The maximum absolute atomic E-state index is 12.7. The van der Waals surface area contributed by atoms with Gasteiger partial charge in [0.2, 0.25) is 0 Å². The van der Waals surface area contributed by atoms with Crippen LogP contribution in [0.1, 0.15) is 53.7 Å². The van der Waals surface area contributed by atoms with Crippen LogP contribution in [0.5, 0.6) is 0 Å². The third-order valence-corrected chi connectivity index (χ3v) is 6.33. The average Bonchev–Trinajstić information content (AvgIpc) is 3.25. The van der Waals surface area contributed by atoms with Crippen molar-refractivity contribution in [3.8, 4) is 0 Å². The first-order valence-corrected chi connectivity index (χ1v) is 11.1. The molecule has 1 amide bonds. The Labute approximate surface area is 206 Å². The number of primary amides is 1. The molecule has 0 saturated heterocycles. The first kappa shape index (κ1) is 24.6. The third-order valence-electron chi connectivity index (χ3n) is 5.33. The van der Waals surface area contributed by atoms with Crippen molar-refractivity contribution in [2.75, 3.05) is 0 Å². The van der Waals surface area contributed by atoms with Crippen LogP contribution >= 0.6 is 11.3 Å². The van der Waals surface area contributed by atoms with E-state index in [1.807, 2.05) is 39.0 Å². The predicted octanol–water partition coefficient (Wildman–Crippen LogP) is 4.54. The molecule has 0 bridgehead atoms. The number of aromatic nitrogens is 1. The van der Waals surface area contributed by atoms with Gasteiger partial charge in [0.25, 0.3) is 5.91 Å². The van der Waals surface area contributed by atoms with Crippen LogP contribution in [-0.2, 0) is 50.0 Å². The van der Waals surface area contributed by atoms with Gasteiger partial charge in [-0.1, -0.05) is 36.9 Å². The molecule has 2 aromatic carbocycles. The van der Waals surface area contributed by atoms with E-state index in [0.717, 1.165) is 9.71 Å². The molecule has 0 fully saturated rings. The molecule has 0 radical (unpaired) electrons. The summed E-state index contributed by atoms with van der Waals surface area (Å²) in [6.45, 7) is 5.98. The van der Waals surface area contributed by atoms with Gasteiger partial charge in [0, 0.05) is 27.5 Å². The van der Waals surface area contributed by atoms with E-state index >= 15 is 0 Å². The van der Waals surface area contributed by atoms with E-state index in [0.29, 0.717) is 30.5 Å². The summed E-state index contributed by atoms with van der Waals surface area (Å²) in [7, 11) is 0. The SMILES string of the molecule is CC(C)(C)OC(=O)CC1([N-]Cc2nc3c(C(N)=O)cccc3s2)Cc2ccccc2C1.[W]. The Balaban J connectivity index is 0.00000289. The molecule has 0 atom stereocenters. The number of carbonyl (C=O) groups excluding carboxylic acids is 2. The Hall–Kier alpha value is -2.08. The fourth-order valence-corrected chi connectivity index (χ4v) is 5.03. The molecule has 6 nitrogen and oxygen atoms in total. The Morgan fingerprint density at radius 3 is 2.38 bits per heavy atom. The van der Waals surface area contributed by atoms with Gasteiger partial charge in [0.1, 0.15) is 5.60 Å². The number of benzene rings is 2. The number of fused-ring (bicyclic) bond motifs is 2. The second kappa shape index (κ2) is 9.42. The number of nitrogens with two attached hydrogens (primary N) is 1. The fourth-order valence-electron chi connectivity index (χ4n) is 4.11. The van der Waals surface area contributed by atoms with Gasteiger partial charge >= 0.3 is 5.97 Å². The monoisotopic (exact) mass is 620 g/mol. The second-order valence-corrected chi connectivity index (χ2v) is 10.2. The Kier molecular flexibility index (Phi) is 7.23. The van der Waals surface area contributed by atoms with Crippen molar-refractivity contribution in [1.29, 1.82) is 0 Å². The first-order valence-electron chi connectivity index (χ1n) is 10.3. The van der Waals surface area contributed by atoms with Crippen LogP contribution < -0.4 is 5.73 Å². The number of thiazole rings is 1. The van der Waals surface area contributed by atoms with Crippen LogP contribution in [0.15, 0.2) is 42.5 Å². The third kappa shape index (κ3) is 5.45. The molecule has 8 heteroatoms. The van der Waals surface area contributed by atoms with Crippen LogP contribution in [-0.4, -0.2) is 28.0 Å². The first-order chi connectivity index (χ1) is 14.6. The van der Waals surface area contributed by atoms with E-state index in [-0.39, 0.29) is 33.5 Å². The van der Waals surface area contributed by atoms with Crippen molar-refractivity contribution in [2.45, 2.75) is 57.7 Å². The summed E-state index contributed by atoms with van der Waals surface area (Å²) in [5.74, 6) is -0.739. The van der Waals surface area contributed by atoms with Gasteiger partial charge in [-0.2, -0.15) is 0 Å². The molecule has 1 aliphatic rings. The maximum Gasteiger partial charge on any atom is 0.305 e. The van der Waals surface area contributed by atoms with E-state index in [1.54, 1.807) is 12.1 Å². The van der Waals surface area contributed by atoms with E-state index < -0.39 is 17.0 Å². The van der Waals surface area contributed by atoms with Gasteiger partial charge in [0.05, 0.1) is 20.8 Å².